The van der Waals surface area contributed by atoms with Crippen molar-refractivity contribution in [2.45, 2.75) is 59.0 Å². The largest absolute Gasteiger partial charge is 0.352 e. The van der Waals surface area contributed by atoms with Crippen molar-refractivity contribution < 1.29 is 9.59 Å². The lowest BCUT2D eigenvalue weighted by molar-refractivity contribution is 0.0759. The topological polar surface area (TPSA) is 71.4 Å². The molecule has 1 aliphatic rings. The van der Waals surface area contributed by atoms with Crippen molar-refractivity contribution in [3.63, 3.8) is 0 Å². The molecule has 1 N–H and O–H groups in total. The van der Waals surface area contributed by atoms with E-state index in [2.05, 4.69) is 5.32 Å². The van der Waals surface area contributed by atoms with E-state index in [9.17, 15) is 14.4 Å². The van der Waals surface area contributed by atoms with Crippen molar-refractivity contribution in [2.24, 2.45) is 5.92 Å². The number of likely N-dealkylation sites (tertiary alicyclic amines) is 1. The molecule has 2 heterocycles. The van der Waals surface area contributed by atoms with Gasteiger partial charge in [0.25, 0.3) is 11.8 Å². The number of carbonyl (C=O) groups is 2. The minimum absolute atomic E-state index is 0.0229. The van der Waals surface area contributed by atoms with E-state index in [1.54, 1.807) is 27.9 Å². The Bertz CT molecular complexity index is 1020. The zero-order valence-electron chi connectivity index (χ0n) is 19.1. The van der Waals surface area contributed by atoms with Crippen molar-refractivity contribution in [3.8, 4) is 0 Å². The number of halogens is 1. The summed E-state index contributed by atoms with van der Waals surface area (Å²) in [7, 11) is 0. The number of pyridine rings is 1. The quantitative estimate of drug-likeness (QED) is 0.685. The Kier molecular flexibility index (Phi) is 8.13. The van der Waals surface area contributed by atoms with E-state index in [-0.39, 0.29) is 29.0 Å². The minimum Gasteiger partial charge on any atom is -0.352 e. The predicted molar refractivity (Wildman–Crippen MR) is 127 cm³/mol. The highest BCUT2D eigenvalue weighted by atomic mass is 35.5. The maximum atomic E-state index is 13.3. The van der Waals surface area contributed by atoms with Crippen LogP contribution in [0.15, 0.2) is 41.5 Å². The van der Waals surface area contributed by atoms with Crippen molar-refractivity contribution in [1.29, 1.82) is 0 Å². The normalized spacial score (nSPS) is 15.3. The molecule has 6 nitrogen and oxygen atoms in total. The van der Waals surface area contributed by atoms with Gasteiger partial charge in [-0.05, 0) is 37.3 Å². The lowest BCUT2D eigenvalue weighted by atomic mass is 10.1. The van der Waals surface area contributed by atoms with Crippen LogP contribution in [0.4, 0.5) is 0 Å². The van der Waals surface area contributed by atoms with E-state index in [0.717, 1.165) is 31.2 Å². The third kappa shape index (κ3) is 5.80. The average molecular weight is 458 g/mol. The number of nitrogens with one attached hydrogen (secondary N) is 1. The SMILES string of the molecule is CC(C)Cn1cc(C(=O)NC(C)c2ccccc2Cl)c(=O)c(C(=O)N2CCCCCC2)c1. The van der Waals surface area contributed by atoms with Crippen LogP contribution in [0.25, 0.3) is 0 Å². The number of aromatic nitrogens is 1. The molecule has 0 saturated carbocycles. The van der Waals surface area contributed by atoms with Gasteiger partial charge in [-0.15, -0.1) is 0 Å². The number of nitrogens with zero attached hydrogens (tertiary/aromatic N) is 2. The van der Waals surface area contributed by atoms with Crippen LogP contribution in [-0.2, 0) is 6.54 Å². The lowest BCUT2D eigenvalue weighted by Crippen LogP contribution is -2.38. The van der Waals surface area contributed by atoms with Gasteiger partial charge in [-0.2, -0.15) is 0 Å². The van der Waals surface area contributed by atoms with E-state index < -0.39 is 11.3 Å². The van der Waals surface area contributed by atoms with E-state index in [0.29, 0.717) is 24.7 Å². The Morgan fingerprint density at radius 1 is 1.00 bits per heavy atom. The molecule has 1 aliphatic heterocycles. The van der Waals surface area contributed by atoms with Crippen molar-refractivity contribution >= 4 is 23.4 Å². The van der Waals surface area contributed by atoms with Gasteiger partial charge in [-0.25, -0.2) is 0 Å². The highest BCUT2D eigenvalue weighted by Crippen LogP contribution is 2.22. The molecule has 32 heavy (non-hydrogen) atoms. The zero-order chi connectivity index (χ0) is 23.3. The number of carbonyl (C=O) groups excluding carboxylic acids is 2. The highest BCUT2D eigenvalue weighted by Gasteiger charge is 2.25. The summed E-state index contributed by atoms with van der Waals surface area (Å²) in [5.74, 6) is -0.509. The predicted octanol–water partition coefficient (Wildman–Crippen LogP) is 4.66. The van der Waals surface area contributed by atoms with Gasteiger partial charge >= 0.3 is 0 Å². The van der Waals surface area contributed by atoms with Gasteiger partial charge in [0.15, 0.2) is 0 Å². The summed E-state index contributed by atoms with van der Waals surface area (Å²) < 4.78 is 1.78. The monoisotopic (exact) mass is 457 g/mol. The van der Waals surface area contributed by atoms with Crippen LogP contribution in [0, 0.1) is 5.92 Å². The van der Waals surface area contributed by atoms with Gasteiger partial charge in [0.05, 0.1) is 6.04 Å². The summed E-state index contributed by atoms with van der Waals surface area (Å²) >= 11 is 6.26. The highest BCUT2D eigenvalue weighted by molar-refractivity contribution is 6.31. The first-order valence-electron chi connectivity index (χ1n) is 11.4. The van der Waals surface area contributed by atoms with Crippen LogP contribution in [-0.4, -0.2) is 34.4 Å². The Hall–Kier alpha value is -2.60. The van der Waals surface area contributed by atoms with Crippen molar-refractivity contribution in [2.75, 3.05) is 13.1 Å². The number of rotatable bonds is 6. The van der Waals surface area contributed by atoms with Gasteiger partial charge in [-0.3, -0.25) is 14.4 Å². The maximum Gasteiger partial charge on any atom is 0.259 e. The standard InChI is InChI=1S/C25H32ClN3O3/c1-17(2)14-28-15-20(24(31)27-18(3)19-10-6-7-11-22(19)26)23(30)21(16-28)25(32)29-12-8-4-5-9-13-29/h6-7,10-11,15-18H,4-5,8-9,12-14H2,1-3H3,(H,27,31). The van der Waals surface area contributed by atoms with Gasteiger partial charge in [0.2, 0.25) is 5.43 Å². The van der Waals surface area contributed by atoms with Gasteiger partial charge in [-0.1, -0.05) is 56.5 Å². The first-order chi connectivity index (χ1) is 15.3. The van der Waals surface area contributed by atoms with E-state index in [1.165, 1.54) is 0 Å². The van der Waals surface area contributed by atoms with Gasteiger partial charge < -0.3 is 14.8 Å². The van der Waals surface area contributed by atoms with Crippen LogP contribution in [0.1, 0.15) is 78.8 Å². The van der Waals surface area contributed by atoms with Crippen molar-refractivity contribution in [1.82, 2.24) is 14.8 Å². The first kappa shape index (κ1) is 24.1. The average Bonchev–Trinajstić information content (AvgIpc) is 3.03. The summed E-state index contributed by atoms with van der Waals surface area (Å²) in [6.45, 7) is 7.80. The number of benzene rings is 1. The molecule has 0 bridgehead atoms. The molecule has 1 fully saturated rings. The Balaban J connectivity index is 1.94. The second-order valence-corrected chi connectivity index (χ2v) is 9.34. The number of amides is 2. The van der Waals surface area contributed by atoms with Gasteiger partial charge in [0.1, 0.15) is 11.1 Å². The van der Waals surface area contributed by atoms with Crippen molar-refractivity contribution in [3.05, 3.63) is 68.6 Å². The Morgan fingerprint density at radius 3 is 2.25 bits per heavy atom. The molecular weight excluding hydrogens is 426 g/mol. The maximum absolute atomic E-state index is 13.3. The molecular formula is C25H32ClN3O3. The molecule has 2 amide bonds. The number of hydrogen-bond acceptors (Lipinski definition) is 3. The molecule has 1 aromatic heterocycles. The molecule has 1 aromatic carbocycles. The summed E-state index contributed by atoms with van der Waals surface area (Å²) in [6.07, 6.45) is 7.19. The molecule has 7 heteroatoms. The first-order valence-corrected chi connectivity index (χ1v) is 11.7. The smallest absolute Gasteiger partial charge is 0.259 e. The Labute approximate surface area is 194 Å². The summed E-state index contributed by atoms with van der Waals surface area (Å²) in [5.41, 5.74) is 0.278. The molecule has 0 spiro atoms. The fourth-order valence-corrected chi connectivity index (χ4v) is 4.39. The third-order valence-corrected chi connectivity index (χ3v) is 6.09. The summed E-state index contributed by atoms with van der Waals surface area (Å²) in [4.78, 5) is 41.4. The van der Waals surface area contributed by atoms with Crippen LogP contribution in [0.3, 0.4) is 0 Å². The number of hydrogen-bond donors (Lipinski definition) is 1. The second kappa shape index (κ2) is 10.8. The molecule has 1 saturated heterocycles. The van der Waals surface area contributed by atoms with Crippen LogP contribution < -0.4 is 10.7 Å². The lowest BCUT2D eigenvalue weighted by Gasteiger charge is -2.22. The van der Waals surface area contributed by atoms with Crippen LogP contribution in [0.2, 0.25) is 5.02 Å². The molecule has 3 rings (SSSR count). The zero-order valence-corrected chi connectivity index (χ0v) is 19.8. The van der Waals surface area contributed by atoms with Gasteiger partial charge in [0, 0.05) is 37.1 Å². The summed E-state index contributed by atoms with van der Waals surface area (Å²) in [6, 6.07) is 6.88. The molecule has 0 radical (unpaired) electrons. The minimum atomic E-state index is -0.525. The fourth-order valence-electron chi connectivity index (χ4n) is 4.09. The van der Waals surface area contributed by atoms with E-state index in [1.807, 2.05) is 39.0 Å². The summed E-state index contributed by atoms with van der Waals surface area (Å²) in [5, 5.41) is 3.41. The van der Waals surface area contributed by atoms with Crippen LogP contribution in [0.5, 0.6) is 0 Å². The molecule has 1 unspecified atom stereocenters. The molecule has 0 aliphatic carbocycles. The van der Waals surface area contributed by atoms with Crippen LogP contribution >= 0.6 is 11.6 Å². The molecule has 2 aromatic rings. The Morgan fingerprint density at radius 2 is 1.62 bits per heavy atom. The van der Waals surface area contributed by atoms with E-state index >= 15 is 0 Å². The fraction of sp³-hybridized carbons (Fsp3) is 0.480. The molecule has 1 atom stereocenters. The molecule has 172 valence electrons. The third-order valence-electron chi connectivity index (χ3n) is 5.74. The van der Waals surface area contributed by atoms with E-state index in [4.69, 9.17) is 11.6 Å². The second-order valence-electron chi connectivity index (χ2n) is 8.93.